The molecule has 0 amide bonds. The standard InChI is InChI=1S/C28H28N4O3/c1-18(2)16-31-26-24(27(33)30(3)28(31)34)25(20-11-6-5-7-12-20)32(29-26)17-22-21-13-9-8-10-19(21)14-15-23(22)35-4/h5-15,18H,16-17H2,1-4H3. The van der Waals surface area contributed by atoms with Crippen LogP contribution < -0.4 is 16.0 Å². The first-order valence-electron chi connectivity index (χ1n) is 11.7. The van der Waals surface area contributed by atoms with E-state index in [9.17, 15) is 9.59 Å². The van der Waals surface area contributed by atoms with E-state index in [1.165, 1.54) is 11.6 Å². The highest BCUT2D eigenvalue weighted by molar-refractivity contribution is 5.92. The van der Waals surface area contributed by atoms with Crippen LogP contribution in [-0.2, 0) is 20.1 Å². The summed E-state index contributed by atoms with van der Waals surface area (Å²) in [6.45, 7) is 4.92. The SMILES string of the molecule is COc1ccc2ccccc2c1Cn1nc2c(c1-c1ccccc1)c(=O)n(C)c(=O)n2CC(C)C. The monoisotopic (exact) mass is 468 g/mol. The lowest BCUT2D eigenvalue weighted by Crippen LogP contribution is -2.38. The summed E-state index contributed by atoms with van der Waals surface area (Å²) in [6.07, 6.45) is 0. The quantitative estimate of drug-likeness (QED) is 0.370. The van der Waals surface area contributed by atoms with Gasteiger partial charge in [0.2, 0.25) is 0 Å². The molecular formula is C28H28N4O3. The zero-order chi connectivity index (χ0) is 24.7. The third-order valence-electron chi connectivity index (χ3n) is 6.35. The maximum absolute atomic E-state index is 13.5. The molecule has 0 aliphatic rings. The smallest absolute Gasteiger partial charge is 0.332 e. The van der Waals surface area contributed by atoms with Gasteiger partial charge < -0.3 is 4.74 Å². The third kappa shape index (κ3) is 3.83. The second kappa shape index (κ2) is 8.91. The van der Waals surface area contributed by atoms with Gasteiger partial charge in [-0.2, -0.15) is 5.10 Å². The van der Waals surface area contributed by atoms with Crippen molar-refractivity contribution in [3.05, 3.63) is 93.1 Å². The van der Waals surface area contributed by atoms with E-state index in [0.717, 1.165) is 27.6 Å². The Labute approximate surface area is 202 Å². The first kappa shape index (κ1) is 22.7. The van der Waals surface area contributed by atoms with Crippen LogP contribution in [0.5, 0.6) is 5.75 Å². The summed E-state index contributed by atoms with van der Waals surface area (Å²) in [6, 6.07) is 21.9. The van der Waals surface area contributed by atoms with Gasteiger partial charge in [-0.25, -0.2) is 4.79 Å². The molecule has 0 radical (unpaired) electrons. The topological polar surface area (TPSA) is 71.1 Å². The predicted octanol–water partition coefficient (Wildman–Crippen LogP) is 4.43. The molecule has 0 atom stereocenters. The molecule has 7 nitrogen and oxygen atoms in total. The van der Waals surface area contributed by atoms with Gasteiger partial charge in [0.15, 0.2) is 5.65 Å². The van der Waals surface area contributed by atoms with Crippen LogP contribution in [0.15, 0.2) is 76.3 Å². The normalized spacial score (nSPS) is 11.6. The fourth-order valence-corrected chi connectivity index (χ4v) is 4.71. The minimum atomic E-state index is -0.358. The van der Waals surface area contributed by atoms with Gasteiger partial charge in [0.1, 0.15) is 11.1 Å². The molecule has 0 N–H and O–H groups in total. The van der Waals surface area contributed by atoms with Crippen LogP contribution >= 0.6 is 0 Å². The molecule has 0 aliphatic heterocycles. The van der Waals surface area contributed by atoms with E-state index in [2.05, 4.69) is 12.1 Å². The minimum Gasteiger partial charge on any atom is -0.496 e. The molecule has 0 unspecified atom stereocenters. The van der Waals surface area contributed by atoms with Gasteiger partial charge in [-0.1, -0.05) is 74.5 Å². The number of benzene rings is 3. The molecule has 0 fully saturated rings. The van der Waals surface area contributed by atoms with E-state index in [-0.39, 0.29) is 17.2 Å². The van der Waals surface area contributed by atoms with Crippen molar-refractivity contribution in [2.75, 3.05) is 7.11 Å². The highest BCUT2D eigenvalue weighted by atomic mass is 16.5. The van der Waals surface area contributed by atoms with Crippen molar-refractivity contribution >= 4 is 21.8 Å². The number of nitrogens with zero attached hydrogens (tertiary/aromatic N) is 4. The van der Waals surface area contributed by atoms with Crippen LogP contribution in [0.2, 0.25) is 0 Å². The van der Waals surface area contributed by atoms with Gasteiger partial charge in [-0.15, -0.1) is 0 Å². The zero-order valence-corrected chi connectivity index (χ0v) is 20.4. The Bertz CT molecular complexity index is 1660. The second-order valence-corrected chi connectivity index (χ2v) is 9.19. The Morgan fingerprint density at radius 2 is 1.66 bits per heavy atom. The highest BCUT2D eigenvalue weighted by Crippen LogP contribution is 2.32. The van der Waals surface area contributed by atoms with Crippen molar-refractivity contribution in [2.24, 2.45) is 13.0 Å². The molecule has 178 valence electrons. The molecule has 0 aliphatic carbocycles. The number of rotatable bonds is 6. The van der Waals surface area contributed by atoms with Crippen LogP contribution in [-0.4, -0.2) is 26.0 Å². The maximum atomic E-state index is 13.5. The average Bonchev–Trinajstić information content (AvgIpc) is 3.25. The number of methoxy groups -OCH3 is 1. The molecule has 35 heavy (non-hydrogen) atoms. The zero-order valence-electron chi connectivity index (χ0n) is 20.4. The third-order valence-corrected chi connectivity index (χ3v) is 6.35. The summed E-state index contributed by atoms with van der Waals surface area (Å²) in [5.74, 6) is 0.951. The minimum absolute atomic E-state index is 0.205. The van der Waals surface area contributed by atoms with E-state index in [1.54, 1.807) is 11.7 Å². The van der Waals surface area contributed by atoms with Crippen molar-refractivity contribution in [1.29, 1.82) is 0 Å². The number of fused-ring (bicyclic) bond motifs is 2. The predicted molar refractivity (Wildman–Crippen MR) is 139 cm³/mol. The summed E-state index contributed by atoms with van der Waals surface area (Å²) in [5, 5.41) is 7.48. The summed E-state index contributed by atoms with van der Waals surface area (Å²) in [4.78, 5) is 26.5. The molecule has 0 saturated carbocycles. The van der Waals surface area contributed by atoms with E-state index < -0.39 is 0 Å². The fraction of sp³-hybridized carbons (Fsp3) is 0.250. The second-order valence-electron chi connectivity index (χ2n) is 9.19. The number of aromatic nitrogens is 4. The molecule has 7 heteroatoms. The molecule has 0 bridgehead atoms. The molecule has 5 aromatic rings. The van der Waals surface area contributed by atoms with Crippen LogP contribution in [0.1, 0.15) is 19.4 Å². The van der Waals surface area contributed by atoms with E-state index in [0.29, 0.717) is 29.8 Å². The largest absolute Gasteiger partial charge is 0.496 e. The lowest BCUT2D eigenvalue weighted by Gasteiger charge is -2.14. The van der Waals surface area contributed by atoms with Gasteiger partial charge in [0.05, 0.1) is 19.3 Å². The molecule has 5 rings (SSSR count). The average molecular weight is 469 g/mol. The Hall–Kier alpha value is -4.13. The molecule has 2 heterocycles. The highest BCUT2D eigenvalue weighted by Gasteiger charge is 2.23. The summed E-state index contributed by atoms with van der Waals surface area (Å²) in [5.41, 5.74) is 2.22. The molecular weight excluding hydrogens is 440 g/mol. The Balaban J connectivity index is 1.86. The molecule has 0 saturated heterocycles. The van der Waals surface area contributed by atoms with Gasteiger partial charge in [-0.3, -0.25) is 18.6 Å². The molecule has 3 aromatic carbocycles. The van der Waals surface area contributed by atoms with E-state index in [1.807, 2.05) is 73.1 Å². The van der Waals surface area contributed by atoms with E-state index >= 15 is 0 Å². The lowest BCUT2D eigenvalue weighted by molar-refractivity contribution is 0.408. The van der Waals surface area contributed by atoms with Crippen LogP contribution in [0, 0.1) is 5.92 Å². The fourth-order valence-electron chi connectivity index (χ4n) is 4.71. The van der Waals surface area contributed by atoms with Crippen molar-refractivity contribution in [1.82, 2.24) is 18.9 Å². The van der Waals surface area contributed by atoms with Crippen molar-refractivity contribution < 1.29 is 4.74 Å². The van der Waals surface area contributed by atoms with Crippen LogP contribution in [0.3, 0.4) is 0 Å². The van der Waals surface area contributed by atoms with Gasteiger partial charge in [0.25, 0.3) is 5.56 Å². The van der Waals surface area contributed by atoms with Crippen LogP contribution in [0.4, 0.5) is 0 Å². The van der Waals surface area contributed by atoms with Crippen molar-refractivity contribution in [3.8, 4) is 17.0 Å². The number of ether oxygens (including phenoxy) is 1. The number of hydrogen-bond acceptors (Lipinski definition) is 4. The summed E-state index contributed by atoms with van der Waals surface area (Å²) in [7, 11) is 3.18. The first-order chi connectivity index (χ1) is 16.9. The Morgan fingerprint density at radius 1 is 0.943 bits per heavy atom. The Kier molecular flexibility index (Phi) is 5.76. The summed E-state index contributed by atoms with van der Waals surface area (Å²) >= 11 is 0. The van der Waals surface area contributed by atoms with Crippen molar-refractivity contribution in [2.45, 2.75) is 26.9 Å². The van der Waals surface area contributed by atoms with Crippen molar-refractivity contribution in [3.63, 3.8) is 0 Å². The lowest BCUT2D eigenvalue weighted by atomic mass is 10.0. The van der Waals surface area contributed by atoms with Gasteiger partial charge in [0, 0.05) is 24.7 Å². The molecule has 2 aromatic heterocycles. The first-order valence-corrected chi connectivity index (χ1v) is 11.7. The van der Waals surface area contributed by atoms with Gasteiger partial charge >= 0.3 is 5.69 Å². The Morgan fingerprint density at radius 3 is 2.37 bits per heavy atom. The number of hydrogen-bond donors (Lipinski definition) is 0. The summed E-state index contributed by atoms with van der Waals surface area (Å²) < 4.78 is 10.4. The molecule has 0 spiro atoms. The van der Waals surface area contributed by atoms with E-state index in [4.69, 9.17) is 9.84 Å². The van der Waals surface area contributed by atoms with Gasteiger partial charge in [-0.05, 0) is 22.8 Å². The van der Waals surface area contributed by atoms with Crippen LogP contribution in [0.25, 0.3) is 33.1 Å². The maximum Gasteiger partial charge on any atom is 0.332 e.